The Morgan fingerprint density at radius 1 is 1.04 bits per heavy atom. The van der Waals surface area contributed by atoms with Gasteiger partial charge in [0.05, 0.1) is 12.1 Å². The maximum absolute atomic E-state index is 10.8. The molecule has 5 heteroatoms. The minimum absolute atomic E-state index is 0.288. The lowest BCUT2D eigenvalue weighted by Crippen LogP contribution is -2.13. The molecule has 0 aliphatic rings. The Labute approximate surface area is 134 Å². The molecule has 0 aliphatic heterocycles. The van der Waals surface area contributed by atoms with Crippen molar-refractivity contribution in [3.05, 3.63) is 54.6 Å². The number of para-hydroxylation sites is 1. The number of anilines is 1. The Kier molecular flexibility index (Phi) is 4.47. The van der Waals surface area contributed by atoms with Crippen molar-refractivity contribution in [1.82, 2.24) is 9.97 Å². The van der Waals surface area contributed by atoms with Crippen molar-refractivity contribution in [2.24, 2.45) is 0 Å². The van der Waals surface area contributed by atoms with Gasteiger partial charge in [-0.25, -0.2) is 9.97 Å². The molecule has 3 rings (SSSR count). The van der Waals surface area contributed by atoms with Crippen LogP contribution in [0.15, 0.2) is 54.6 Å². The smallest absolute Gasteiger partial charge is 0.302 e. The molecule has 116 valence electrons. The Morgan fingerprint density at radius 2 is 1.78 bits per heavy atom. The van der Waals surface area contributed by atoms with E-state index < -0.39 is 0 Å². The number of benzene rings is 2. The van der Waals surface area contributed by atoms with Crippen LogP contribution in [0.4, 0.5) is 5.82 Å². The molecule has 23 heavy (non-hydrogen) atoms. The van der Waals surface area contributed by atoms with Gasteiger partial charge in [0.2, 0.25) is 0 Å². The number of nitrogens with one attached hydrogen (secondary N) is 1. The normalized spacial score (nSPS) is 10.5. The summed E-state index contributed by atoms with van der Waals surface area (Å²) in [5, 5.41) is 4.16. The molecule has 1 aromatic heterocycles. The summed E-state index contributed by atoms with van der Waals surface area (Å²) in [5.41, 5.74) is 1.83. The summed E-state index contributed by atoms with van der Waals surface area (Å²) in [7, 11) is 0. The second-order valence-corrected chi connectivity index (χ2v) is 5.05. The number of carbonyl (C=O) groups is 1. The summed E-state index contributed by atoms with van der Waals surface area (Å²) in [4.78, 5) is 20.1. The Bertz CT molecular complexity index is 819. The van der Waals surface area contributed by atoms with Crippen molar-refractivity contribution >= 4 is 22.7 Å². The topological polar surface area (TPSA) is 64.1 Å². The van der Waals surface area contributed by atoms with Crippen LogP contribution in [0.1, 0.15) is 6.92 Å². The Morgan fingerprint density at radius 3 is 2.57 bits per heavy atom. The highest BCUT2D eigenvalue weighted by Crippen LogP contribution is 2.24. The van der Waals surface area contributed by atoms with Gasteiger partial charge in [0.1, 0.15) is 12.4 Å². The van der Waals surface area contributed by atoms with Crippen LogP contribution in [-0.4, -0.2) is 29.1 Å². The van der Waals surface area contributed by atoms with Crippen LogP contribution < -0.4 is 5.32 Å². The summed E-state index contributed by atoms with van der Waals surface area (Å²) in [6.07, 6.45) is 0. The van der Waals surface area contributed by atoms with Crippen molar-refractivity contribution < 1.29 is 9.53 Å². The Hall–Kier alpha value is -2.95. The van der Waals surface area contributed by atoms with Crippen molar-refractivity contribution in [3.8, 4) is 11.4 Å². The van der Waals surface area contributed by atoms with E-state index in [0.29, 0.717) is 19.0 Å². The van der Waals surface area contributed by atoms with Crippen LogP contribution in [0.5, 0.6) is 0 Å². The van der Waals surface area contributed by atoms with Gasteiger partial charge < -0.3 is 10.1 Å². The van der Waals surface area contributed by atoms with Crippen molar-refractivity contribution in [2.75, 3.05) is 18.5 Å². The summed E-state index contributed by atoms with van der Waals surface area (Å²) in [6.45, 7) is 2.19. The predicted octanol–water partition coefficient (Wildman–Crippen LogP) is 3.27. The highest BCUT2D eigenvalue weighted by Gasteiger charge is 2.08. The fourth-order valence-corrected chi connectivity index (χ4v) is 2.29. The number of nitrogens with zero attached hydrogens (tertiary/aromatic N) is 2. The first-order valence-corrected chi connectivity index (χ1v) is 7.43. The molecule has 1 N–H and O–H groups in total. The highest BCUT2D eigenvalue weighted by molar-refractivity contribution is 5.90. The minimum atomic E-state index is -0.288. The lowest BCUT2D eigenvalue weighted by molar-refractivity contribution is -0.140. The van der Waals surface area contributed by atoms with Gasteiger partial charge in [0, 0.05) is 17.9 Å². The zero-order valence-electron chi connectivity index (χ0n) is 12.8. The number of rotatable bonds is 5. The van der Waals surface area contributed by atoms with Crippen LogP contribution in [0, 0.1) is 0 Å². The highest BCUT2D eigenvalue weighted by atomic mass is 16.5. The standard InChI is InChI=1S/C18H17N3O2/c1-13(22)23-12-11-19-18-15-9-5-6-10-16(15)20-17(21-18)14-7-3-2-4-8-14/h2-10H,11-12H2,1H3,(H,19,20,21). The van der Waals surface area contributed by atoms with E-state index in [0.717, 1.165) is 22.3 Å². The average molecular weight is 307 g/mol. The first-order chi connectivity index (χ1) is 11.2. The van der Waals surface area contributed by atoms with Gasteiger partial charge in [-0.3, -0.25) is 4.79 Å². The zero-order chi connectivity index (χ0) is 16.1. The molecule has 0 aliphatic carbocycles. The summed E-state index contributed by atoms with van der Waals surface area (Å²) >= 11 is 0. The van der Waals surface area contributed by atoms with Crippen LogP contribution >= 0.6 is 0 Å². The second kappa shape index (κ2) is 6.87. The summed E-state index contributed by atoms with van der Waals surface area (Å²) < 4.78 is 4.95. The molecule has 0 spiro atoms. The molecule has 2 aromatic carbocycles. The van der Waals surface area contributed by atoms with E-state index in [-0.39, 0.29) is 5.97 Å². The largest absolute Gasteiger partial charge is 0.464 e. The van der Waals surface area contributed by atoms with Gasteiger partial charge in [-0.1, -0.05) is 42.5 Å². The number of hydrogen-bond acceptors (Lipinski definition) is 5. The first-order valence-electron chi connectivity index (χ1n) is 7.43. The summed E-state index contributed by atoms with van der Waals surface area (Å²) in [6, 6.07) is 17.7. The molecule has 0 unspecified atom stereocenters. The van der Waals surface area contributed by atoms with Crippen LogP contribution in [0.2, 0.25) is 0 Å². The molecular weight excluding hydrogens is 290 g/mol. The van der Waals surface area contributed by atoms with Gasteiger partial charge >= 0.3 is 5.97 Å². The molecule has 0 saturated heterocycles. The fourth-order valence-electron chi connectivity index (χ4n) is 2.29. The SMILES string of the molecule is CC(=O)OCCNc1nc(-c2ccccc2)nc2ccccc12. The van der Waals surface area contributed by atoms with Crippen LogP contribution in [-0.2, 0) is 9.53 Å². The van der Waals surface area contributed by atoms with Crippen molar-refractivity contribution in [3.63, 3.8) is 0 Å². The van der Waals surface area contributed by atoms with E-state index in [1.165, 1.54) is 6.92 Å². The zero-order valence-corrected chi connectivity index (χ0v) is 12.8. The number of carbonyl (C=O) groups excluding carboxylic acids is 1. The minimum Gasteiger partial charge on any atom is -0.464 e. The van der Waals surface area contributed by atoms with E-state index >= 15 is 0 Å². The number of fused-ring (bicyclic) bond motifs is 1. The third-order valence-corrected chi connectivity index (χ3v) is 3.34. The second-order valence-electron chi connectivity index (χ2n) is 5.05. The maximum atomic E-state index is 10.8. The van der Waals surface area contributed by atoms with Crippen molar-refractivity contribution in [1.29, 1.82) is 0 Å². The number of esters is 1. The molecule has 0 bridgehead atoms. The Balaban J connectivity index is 1.93. The van der Waals surface area contributed by atoms with E-state index in [9.17, 15) is 4.79 Å². The van der Waals surface area contributed by atoms with E-state index in [2.05, 4.69) is 15.3 Å². The van der Waals surface area contributed by atoms with Gasteiger partial charge in [0.25, 0.3) is 0 Å². The molecular formula is C18H17N3O2. The molecule has 0 amide bonds. The third kappa shape index (κ3) is 3.63. The van der Waals surface area contributed by atoms with Gasteiger partial charge in [-0.15, -0.1) is 0 Å². The molecule has 0 fully saturated rings. The average Bonchev–Trinajstić information content (AvgIpc) is 2.59. The van der Waals surface area contributed by atoms with Gasteiger partial charge in [-0.05, 0) is 12.1 Å². The predicted molar refractivity (Wildman–Crippen MR) is 90.1 cm³/mol. The molecule has 3 aromatic rings. The van der Waals surface area contributed by atoms with Gasteiger partial charge in [0.15, 0.2) is 5.82 Å². The quantitative estimate of drug-likeness (QED) is 0.579. The number of hydrogen-bond donors (Lipinski definition) is 1. The fraction of sp³-hybridized carbons (Fsp3) is 0.167. The molecule has 0 atom stereocenters. The number of ether oxygens (including phenoxy) is 1. The third-order valence-electron chi connectivity index (χ3n) is 3.34. The number of aromatic nitrogens is 2. The summed E-state index contributed by atoms with van der Waals surface area (Å²) in [5.74, 6) is 1.12. The van der Waals surface area contributed by atoms with Crippen molar-refractivity contribution in [2.45, 2.75) is 6.92 Å². The molecule has 0 radical (unpaired) electrons. The van der Waals surface area contributed by atoms with Gasteiger partial charge in [-0.2, -0.15) is 0 Å². The monoisotopic (exact) mass is 307 g/mol. The van der Waals surface area contributed by atoms with E-state index in [1.54, 1.807) is 0 Å². The van der Waals surface area contributed by atoms with E-state index in [4.69, 9.17) is 4.74 Å². The maximum Gasteiger partial charge on any atom is 0.302 e. The molecule has 1 heterocycles. The van der Waals surface area contributed by atoms with Crippen LogP contribution in [0.3, 0.4) is 0 Å². The van der Waals surface area contributed by atoms with Crippen LogP contribution in [0.25, 0.3) is 22.3 Å². The molecule has 5 nitrogen and oxygen atoms in total. The van der Waals surface area contributed by atoms with E-state index in [1.807, 2.05) is 54.6 Å². The lowest BCUT2D eigenvalue weighted by atomic mass is 10.2. The lowest BCUT2D eigenvalue weighted by Gasteiger charge is -2.11. The molecule has 0 saturated carbocycles. The first kappa shape index (κ1) is 15.0.